The van der Waals surface area contributed by atoms with E-state index in [1.807, 2.05) is 34.9 Å². The second kappa shape index (κ2) is 7.52. The zero-order valence-corrected chi connectivity index (χ0v) is 17.3. The maximum absolute atomic E-state index is 12.8. The fraction of sp³-hybridized carbons (Fsp3) is 0.0800. The lowest BCUT2D eigenvalue weighted by molar-refractivity contribution is 0.102. The van der Waals surface area contributed by atoms with Crippen LogP contribution < -0.4 is 20.4 Å². The molecule has 8 heteroatoms. The van der Waals surface area contributed by atoms with Crippen molar-refractivity contribution in [2.75, 3.05) is 18.5 Å². The standard InChI is InChI=1S/C25H17N3O5/c29-24(18-11-16-3-1-2-4-20(16)33-25(18)30)26-17-6-8-23-27-19(14-28(23)13-17)15-5-7-21-22(12-15)32-10-9-31-21/h1-8,11-14H,9-10H2,(H,26,29). The van der Waals surface area contributed by atoms with Crippen LogP contribution in [0.2, 0.25) is 0 Å². The molecule has 6 rings (SSSR count). The van der Waals surface area contributed by atoms with E-state index in [0.29, 0.717) is 41.3 Å². The molecule has 33 heavy (non-hydrogen) atoms. The van der Waals surface area contributed by atoms with Crippen molar-refractivity contribution in [3.05, 3.63) is 89.0 Å². The van der Waals surface area contributed by atoms with Gasteiger partial charge in [0.05, 0.1) is 11.4 Å². The molecule has 1 amide bonds. The highest BCUT2D eigenvalue weighted by atomic mass is 16.6. The molecule has 0 aliphatic carbocycles. The quantitative estimate of drug-likeness (QED) is 0.425. The van der Waals surface area contributed by atoms with E-state index >= 15 is 0 Å². The predicted octanol–water partition coefficient (Wildman–Crippen LogP) is 4.13. The Labute approximate surface area is 187 Å². The molecule has 162 valence electrons. The summed E-state index contributed by atoms with van der Waals surface area (Å²) in [5.41, 5.74) is 2.57. The average molecular weight is 439 g/mol. The molecular formula is C25H17N3O5. The number of amides is 1. The summed E-state index contributed by atoms with van der Waals surface area (Å²) in [6.45, 7) is 1.05. The number of nitrogens with zero attached hydrogens (tertiary/aromatic N) is 2. The molecule has 5 aromatic rings. The lowest BCUT2D eigenvalue weighted by atomic mass is 10.1. The largest absolute Gasteiger partial charge is 0.486 e. The number of pyridine rings is 1. The number of ether oxygens (including phenoxy) is 2. The first-order chi connectivity index (χ1) is 16.1. The van der Waals surface area contributed by atoms with Crippen LogP contribution >= 0.6 is 0 Å². The molecule has 0 atom stereocenters. The molecule has 0 saturated heterocycles. The topological polar surface area (TPSA) is 95.1 Å². The Balaban J connectivity index is 1.29. The Morgan fingerprint density at radius 1 is 0.939 bits per heavy atom. The van der Waals surface area contributed by atoms with Gasteiger partial charge in [0.1, 0.15) is 30.0 Å². The van der Waals surface area contributed by atoms with Crippen LogP contribution in [0, 0.1) is 0 Å². The van der Waals surface area contributed by atoms with Crippen LogP contribution in [0.15, 0.2) is 82.3 Å². The van der Waals surface area contributed by atoms with E-state index in [4.69, 9.17) is 13.9 Å². The predicted molar refractivity (Wildman–Crippen MR) is 122 cm³/mol. The van der Waals surface area contributed by atoms with E-state index in [-0.39, 0.29) is 5.56 Å². The van der Waals surface area contributed by atoms with Crippen molar-refractivity contribution in [1.82, 2.24) is 9.38 Å². The van der Waals surface area contributed by atoms with E-state index in [0.717, 1.165) is 17.0 Å². The smallest absolute Gasteiger partial charge is 0.349 e. The fourth-order valence-electron chi connectivity index (χ4n) is 3.83. The summed E-state index contributed by atoms with van der Waals surface area (Å²) in [6.07, 6.45) is 3.60. The molecule has 1 N–H and O–H groups in total. The highest BCUT2D eigenvalue weighted by Gasteiger charge is 2.16. The van der Waals surface area contributed by atoms with Gasteiger partial charge in [0.25, 0.3) is 5.91 Å². The zero-order valence-electron chi connectivity index (χ0n) is 17.3. The molecular weight excluding hydrogens is 422 g/mol. The lowest BCUT2D eigenvalue weighted by Crippen LogP contribution is -2.20. The molecule has 0 spiro atoms. The minimum Gasteiger partial charge on any atom is -0.486 e. The van der Waals surface area contributed by atoms with Crippen molar-refractivity contribution >= 4 is 28.2 Å². The second-order valence-electron chi connectivity index (χ2n) is 7.61. The Hall–Kier alpha value is -4.59. The molecule has 2 aromatic carbocycles. The molecule has 1 aliphatic heterocycles. The van der Waals surface area contributed by atoms with Crippen molar-refractivity contribution < 1.29 is 18.7 Å². The monoisotopic (exact) mass is 439 g/mol. The summed E-state index contributed by atoms with van der Waals surface area (Å²) in [5, 5.41) is 3.44. The molecule has 0 fully saturated rings. The summed E-state index contributed by atoms with van der Waals surface area (Å²) in [7, 11) is 0. The highest BCUT2D eigenvalue weighted by molar-refractivity contribution is 6.05. The van der Waals surface area contributed by atoms with E-state index in [1.54, 1.807) is 36.5 Å². The molecule has 0 radical (unpaired) electrons. The number of hydrogen-bond donors (Lipinski definition) is 1. The second-order valence-corrected chi connectivity index (χ2v) is 7.61. The Morgan fingerprint density at radius 3 is 2.70 bits per heavy atom. The summed E-state index contributed by atoms with van der Waals surface area (Å²) in [5.74, 6) is 0.871. The van der Waals surface area contributed by atoms with Crippen LogP contribution in [0.3, 0.4) is 0 Å². The van der Waals surface area contributed by atoms with Gasteiger partial charge in [-0.2, -0.15) is 0 Å². The van der Waals surface area contributed by atoms with Crippen LogP contribution in [0.4, 0.5) is 5.69 Å². The first-order valence-electron chi connectivity index (χ1n) is 10.4. The molecule has 0 saturated carbocycles. The molecule has 1 aliphatic rings. The van der Waals surface area contributed by atoms with Gasteiger partial charge in [-0.15, -0.1) is 0 Å². The fourth-order valence-corrected chi connectivity index (χ4v) is 3.83. The molecule has 0 unspecified atom stereocenters. The molecule has 8 nitrogen and oxygen atoms in total. The van der Waals surface area contributed by atoms with E-state index in [9.17, 15) is 9.59 Å². The Kier molecular flexibility index (Phi) is 4.36. The van der Waals surface area contributed by atoms with Crippen molar-refractivity contribution in [2.45, 2.75) is 0 Å². The van der Waals surface area contributed by atoms with Gasteiger partial charge in [-0.3, -0.25) is 4.79 Å². The van der Waals surface area contributed by atoms with Gasteiger partial charge < -0.3 is 23.6 Å². The molecule has 0 bridgehead atoms. The van der Waals surface area contributed by atoms with Gasteiger partial charge >= 0.3 is 5.63 Å². The third kappa shape index (κ3) is 3.47. The number of hydrogen-bond acceptors (Lipinski definition) is 6. The van der Waals surface area contributed by atoms with Gasteiger partial charge in [-0.05, 0) is 42.5 Å². The third-order valence-electron chi connectivity index (χ3n) is 5.43. The number of fused-ring (bicyclic) bond motifs is 3. The van der Waals surface area contributed by atoms with Crippen LogP contribution in [-0.4, -0.2) is 28.5 Å². The number of nitrogens with one attached hydrogen (secondary N) is 1. The molecule has 3 aromatic heterocycles. The summed E-state index contributed by atoms with van der Waals surface area (Å²) in [4.78, 5) is 29.7. The number of benzene rings is 2. The summed E-state index contributed by atoms with van der Waals surface area (Å²) < 4.78 is 18.3. The van der Waals surface area contributed by atoms with Crippen LogP contribution in [0.25, 0.3) is 27.9 Å². The minimum atomic E-state index is -0.684. The number of para-hydroxylation sites is 1. The molecule has 4 heterocycles. The SMILES string of the molecule is O=C(Nc1ccc2nc(-c3ccc4c(c3)OCCO4)cn2c1)c1cc2ccccc2oc1=O. The van der Waals surface area contributed by atoms with Crippen molar-refractivity contribution in [3.63, 3.8) is 0 Å². The van der Waals surface area contributed by atoms with Gasteiger partial charge in [-0.25, -0.2) is 9.78 Å². The van der Waals surface area contributed by atoms with E-state index < -0.39 is 11.5 Å². The number of anilines is 1. The first-order valence-corrected chi connectivity index (χ1v) is 10.4. The number of imidazole rings is 1. The summed E-state index contributed by atoms with van der Waals surface area (Å²) in [6, 6.07) is 17.8. The van der Waals surface area contributed by atoms with Gasteiger partial charge in [0.2, 0.25) is 0 Å². The average Bonchev–Trinajstić information content (AvgIpc) is 3.27. The minimum absolute atomic E-state index is 0.0589. The maximum atomic E-state index is 12.8. The van der Waals surface area contributed by atoms with E-state index in [1.165, 1.54) is 6.07 Å². The van der Waals surface area contributed by atoms with Crippen molar-refractivity contribution in [1.29, 1.82) is 0 Å². The number of rotatable bonds is 3. The normalized spacial score (nSPS) is 12.7. The van der Waals surface area contributed by atoms with Crippen LogP contribution in [-0.2, 0) is 0 Å². The third-order valence-corrected chi connectivity index (χ3v) is 5.43. The zero-order chi connectivity index (χ0) is 22.4. The van der Waals surface area contributed by atoms with Gasteiger partial charge in [0, 0.05) is 23.3 Å². The van der Waals surface area contributed by atoms with Crippen LogP contribution in [0.5, 0.6) is 11.5 Å². The maximum Gasteiger partial charge on any atom is 0.349 e. The number of aromatic nitrogens is 2. The van der Waals surface area contributed by atoms with Gasteiger partial charge in [0.15, 0.2) is 11.5 Å². The first kappa shape index (κ1) is 19.1. The highest BCUT2D eigenvalue weighted by Crippen LogP contribution is 2.34. The Bertz CT molecular complexity index is 1600. The van der Waals surface area contributed by atoms with E-state index in [2.05, 4.69) is 10.3 Å². The van der Waals surface area contributed by atoms with Crippen LogP contribution in [0.1, 0.15) is 10.4 Å². The number of carbonyl (C=O) groups excluding carboxylic acids is 1. The van der Waals surface area contributed by atoms with Crippen molar-refractivity contribution in [2.24, 2.45) is 0 Å². The summed E-state index contributed by atoms with van der Waals surface area (Å²) >= 11 is 0. The lowest BCUT2D eigenvalue weighted by Gasteiger charge is -2.18. The van der Waals surface area contributed by atoms with Gasteiger partial charge in [-0.1, -0.05) is 18.2 Å². The Morgan fingerprint density at radius 2 is 1.79 bits per heavy atom. The number of carbonyl (C=O) groups is 1. The van der Waals surface area contributed by atoms with Crippen molar-refractivity contribution in [3.8, 4) is 22.8 Å².